The van der Waals surface area contributed by atoms with Gasteiger partial charge < -0.3 is 5.32 Å². The van der Waals surface area contributed by atoms with E-state index in [0.29, 0.717) is 16.0 Å². The summed E-state index contributed by atoms with van der Waals surface area (Å²) < 4.78 is 0. The highest BCUT2D eigenvalue weighted by atomic mass is 35.5. The summed E-state index contributed by atoms with van der Waals surface area (Å²) in [5, 5.41) is 4.13. The predicted octanol–water partition coefficient (Wildman–Crippen LogP) is 3.92. The second-order valence-electron chi connectivity index (χ2n) is 4.63. The fourth-order valence-corrected chi connectivity index (χ4v) is 2.16. The quantitative estimate of drug-likeness (QED) is 0.834. The first-order valence-electron chi connectivity index (χ1n) is 6.00. The van der Waals surface area contributed by atoms with Gasteiger partial charge in [-0.05, 0) is 55.5 Å². The molecule has 2 rings (SSSR count). The molecule has 2 nitrogen and oxygen atoms in total. The van der Waals surface area contributed by atoms with Crippen molar-refractivity contribution in [2.45, 2.75) is 25.8 Å². The van der Waals surface area contributed by atoms with E-state index in [0.717, 1.165) is 5.56 Å². The van der Waals surface area contributed by atoms with Crippen molar-refractivity contribution in [2.75, 3.05) is 0 Å². The van der Waals surface area contributed by atoms with E-state index in [9.17, 15) is 4.79 Å². The Labute approximate surface area is 117 Å². The minimum atomic E-state index is -0.0922. The van der Waals surface area contributed by atoms with Gasteiger partial charge in [-0.2, -0.15) is 0 Å². The summed E-state index contributed by atoms with van der Waals surface area (Å²) in [5.41, 5.74) is 0.749. The van der Waals surface area contributed by atoms with Crippen LogP contribution in [0.25, 0.3) is 6.08 Å². The lowest BCUT2D eigenvalue weighted by molar-refractivity contribution is -0.117. The maximum atomic E-state index is 11.7. The predicted molar refractivity (Wildman–Crippen MR) is 75.8 cm³/mol. The van der Waals surface area contributed by atoms with Gasteiger partial charge in [0.05, 0.1) is 0 Å². The van der Waals surface area contributed by atoms with Crippen LogP contribution in [-0.4, -0.2) is 11.9 Å². The Kier molecular flexibility index (Phi) is 4.31. The average Bonchev–Trinajstić information content (AvgIpc) is 3.14. The lowest BCUT2D eigenvalue weighted by Gasteiger charge is -2.10. The Bertz CT molecular complexity index is 481. The molecule has 1 fully saturated rings. The molecule has 4 heteroatoms. The first-order chi connectivity index (χ1) is 8.56. The van der Waals surface area contributed by atoms with Gasteiger partial charge in [0, 0.05) is 22.2 Å². The zero-order valence-corrected chi connectivity index (χ0v) is 11.6. The van der Waals surface area contributed by atoms with E-state index in [-0.39, 0.29) is 11.9 Å². The second kappa shape index (κ2) is 5.77. The molecule has 1 aromatic rings. The van der Waals surface area contributed by atoms with E-state index in [4.69, 9.17) is 23.2 Å². The topological polar surface area (TPSA) is 29.1 Å². The fourth-order valence-electron chi connectivity index (χ4n) is 1.79. The summed E-state index contributed by atoms with van der Waals surface area (Å²) in [4.78, 5) is 11.7. The van der Waals surface area contributed by atoms with Crippen molar-refractivity contribution in [3.63, 3.8) is 0 Å². The van der Waals surface area contributed by atoms with Gasteiger partial charge in [-0.25, -0.2) is 0 Å². The van der Waals surface area contributed by atoms with Crippen LogP contribution in [0.1, 0.15) is 25.3 Å². The molecule has 1 amide bonds. The van der Waals surface area contributed by atoms with Gasteiger partial charge >= 0.3 is 0 Å². The molecule has 0 saturated heterocycles. The van der Waals surface area contributed by atoms with Gasteiger partial charge in [-0.3, -0.25) is 4.79 Å². The van der Waals surface area contributed by atoms with Crippen LogP contribution in [0.15, 0.2) is 24.3 Å². The lowest BCUT2D eigenvalue weighted by atomic mass is 10.2. The number of nitrogens with one attached hydrogen (secondary N) is 1. The molecule has 0 heterocycles. The molecule has 1 aliphatic rings. The molecule has 1 unspecified atom stereocenters. The number of hydrogen-bond acceptors (Lipinski definition) is 1. The van der Waals surface area contributed by atoms with Crippen molar-refractivity contribution in [2.24, 2.45) is 5.92 Å². The summed E-state index contributed by atoms with van der Waals surface area (Å²) in [5.74, 6) is 0.558. The summed E-state index contributed by atoms with van der Waals surface area (Å²) >= 11 is 11.9. The second-order valence-corrected chi connectivity index (χ2v) is 5.48. The molecule has 18 heavy (non-hydrogen) atoms. The van der Waals surface area contributed by atoms with Gasteiger partial charge in [0.15, 0.2) is 0 Å². The largest absolute Gasteiger partial charge is 0.350 e. The summed E-state index contributed by atoms with van der Waals surface area (Å²) in [6.07, 6.45) is 5.61. The van der Waals surface area contributed by atoms with Crippen molar-refractivity contribution >= 4 is 35.2 Å². The first-order valence-corrected chi connectivity index (χ1v) is 6.75. The molecule has 1 aliphatic carbocycles. The van der Waals surface area contributed by atoms with Crippen LogP contribution in [-0.2, 0) is 4.79 Å². The summed E-state index contributed by atoms with van der Waals surface area (Å²) in [6.45, 7) is 2.04. The molecule has 0 aromatic heterocycles. The average molecular weight is 284 g/mol. The van der Waals surface area contributed by atoms with Crippen molar-refractivity contribution < 1.29 is 4.79 Å². The summed E-state index contributed by atoms with van der Waals surface area (Å²) in [6, 6.07) is 5.42. The van der Waals surface area contributed by atoms with E-state index in [1.165, 1.54) is 18.9 Å². The molecule has 1 saturated carbocycles. The monoisotopic (exact) mass is 283 g/mol. The van der Waals surface area contributed by atoms with Crippen LogP contribution < -0.4 is 5.32 Å². The van der Waals surface area contributed by atoms with Crippen molar-refractivity contribution in [3.05, 3.63) is 39.9 Å². The van der Waals surface area contributed by atoms with Crippen LogP contribution in [0.5, 0.6) is 0 Å². The van der Waals surface area contributed by atoms with Crippen LogP contribution in [0.4, 0.5) is 0 Å². The third-order valence-corrected chi connectivity index (χ3v) is 3.65. The Balaban J connectivity index is 1.96. The van der Waals surface area contributed by atoms with E-state index in [1.807, 2.05) is 6.92 Å². The van der Waals surface area contributed by atoms with Crippen LogP contribution in [0.3, 0.4) is 0 Å². The standard InChI is InChI=1S/C14H15Cl2NO/c1-9(10-2-3-10)17-14(18)7-4-11-8-12(15)5-6-13(11)16/h4-10H,2-3H2,1H3,(H,17,18)/b7-4+. The molecule has 96 valence electrons. The first kappa shape index (κ1) is 13.4. The molecular weight excluding hydrogens is 269 g/mol. The van der Waals surface area contributed by atoms with Gasteiger partial charge in [0.2, 0.25) is 5.91 Å². The Hall–Kier alpha value is -0.990. The number of carbonyl (C=O) groups is 1. The highest BCUT2D eigenvalue weighted by molar-refractivity contribution is 6.34. The number of halogens is 2. The fraction of sp³-hybridized carbons (Fsp3) is 0.357. The maximum Gasteiger partial charge on any atom is 0.244 e. The molecule has 1 atom stereocenters. The number of amides is 1. The van der Waals surface area contributed by atoms with Gasteiger partial charge in [-0.1, -0.05) is 23.2 Å². The zero-order valence-electron chi connectivity index (χ0n) is 10.1. The SMILES string of the molecule is CC(NC(=O)/C=C/c1cc(Cl)ccc1Cl)C1CC1. The third-order valence-electron chi connectivity index (χ3n) is 3.07. The Morgan fingerprint density at radius 1 is 1.44 bits per heavy atom. The van der Waals surface area contributed by atoms with Gasteiger partial charge in [-0.15, -0.1) is 0 Å². The third kappa shape index (κ3) is 3.76. The van der Waals surface area contributed by atoms with E-state index >= 15 is 0 Å². The zero-order chi connectivity index (χ0) is 13.1. The molecular formula is C14H15Cl2NO. The number of benzene rings is 1. The normalized spacial score (nSPS) is 16.8. The van der Waals surface area contributed by atoms with Crippen molar-refractivity contribution in [1.82, 2.24) is 5.32 Å². The number of carbonyl (C=O) groups excluding carboxylic acids is 1. The molecule has 0 spiro atoms. The van der Waals surface area contributed by atoms with E-state index in [2.05, 4.69) is 5.32 Å². The van der Waals surface area contributed by atoms with Gasteiger partial charge in [0.25, 0.3) is 0 Å². The Morgan fingerprint density at radius 3 is 2.83 bits per heavy atom. The van der Waals surface area contributed by atoms with E-state index in [1.54, 1.807) is 24.3 Å². The van der Waals surface area contributed by atoms with E-state index < -0.39 is 0 Å². The summed E-state index contributed by atoms with van der Waals surface area (Å²) in [7, 11) is 0. The van der Waals surface area contributed by atoms with Crippen molar-refractivity contribution in [1.29, 1.82) is 0 Å². The number of hydrogen-bond donors (Lipinski definition) is 1. The Morgan fingerprint density at radius 2 is 2.17 bits per heavy atom. The minimum absolute atomic E-state index is 0.0922. The maximum absolute atomic E-state index is 11.7. The van der Waals surface area contributed by atoms with Gasteiger partial charge in [0.1, 0.15) is 0 Å². The number of rotatable bonds is 4. The van der Waals surface area contributed by atoms with Crippen LogP contribution >= 0.6 is 23.2 Å². The molecule has 1 N–H and O–H groups in total. The minimum Gasteiger partial charge on any atom is -0.350 e. The smallest absolute Gasteiger partial charge is 0.244 e. The molecule has 0 aliphatic heterocycles. The molecule has 0 bridgehead atoms. The van der Waals surface area contributed by atoms with Crippen molar-refractivity contribution in [3.8, 4) is 0 Å². The molecule has 1 aromatic carbocycles. The van der Waals surface area contributed by atoms with Crippen LogP contribution in [0.2, 0.25) is 10.0 Å². The highest BCUT2D eigenvalue weighted by Gasteiger charge is 2.28. The highest BCUT2D eigenvalue weighted by Crippen LogP contribution is 2.32. The lowest BCUT2D eigenvalue weighted by Crippen LogP contribution is -2.32. The van der Waals surface area contributed by atoms with Crippen LogP contribution in [0, 0.1) is 5.92 Å². The molecule has 0 radical (unpaired) electrons.